The van der Waals surface area contributed by atoms with Crippen LogP contribution in [0.2, 0.25) is 0 Å². The van der Waals surface area contributed by atoms with Gasteiger partial charge in [-0.1, -0.05) is 17.3 Å². The monoisotopic (exact) mass is 275 g/mol. The Hall–Kier alpha value is -1.92. The van der Waals surface area contributed by atoms with E-state index in [1.54, 1.807) is 12.1 Å². The van der Waals surface area contributed by atoms with E-state index in [4.69, 9.17) is 15.0 Å². The van der Waals surface area contributed by atoms with Crippen LogP contribution in [0.1, 0.15) is 36.2 Å². The predicted octanol–water partition coefficient (Wildman–Crippen LogP) is 1.54. The zero-order chi connectivity index (χ0) is 13.9. The van der Waals surface area contributed by atoms with Gasteiger partial charge in [0.05, 0.1) is 6.10 Å². The Morgan fingerprint density at radius 3 is 2.75 bits per heavy atom. The molecule has 6 heteroatoms. The minimum Gasteiger partial charge on any atom is -0.508 e. The van der Waals surface area contributed by atoms with E-state index in [1.165, 1.54) is 0 Å². The highest BCUT2D eigenvalue weighted by Gasteiger charge is 2.29. The van der Waals surface area contributed by atoms with Gasteiger partial charge < -0.3 is 20.1 Å². The number of ether oxygens (including phenoxy) is 1. The van der Waals surface area contributed by atoms with E-state index in [0.29, 0.717) is 24.7 Å². The van der Waals surface area contributed by atoms with Crippen molar-refractivity contribution in [2.75, 3.05) is 6.54 Å². The highest BCUT2D eigenvalue weighted by Crippen LogP contribution is 2.31. The first-order valence-electron chi connectivity index (χ1n) is 6.70. The predicted molar refractivity (Wildman–Crippen MR) is 71.1 cm³/mol. The van der Waals surface area contributed by atoms with Gasteiger partial charge in [-0.2, -0.15) is 4.98 Å². The summed E-state index contributed by atoms with van der Waals surface area (Å²) in [5.41, 5.74) is 6.60. The fourth-order valence-corrected chi connectivity index (χ4v) is 2.33. The number of nitrogens with zero attached hydrogens (tertiary/aromatic N) is 2. The molecule has 2 atom stereocenters. The van der Waals surface area contributed by atoms with Crippen molar-refractivity contribution in [3.05, 3.63) is 41.5 Å². The molecule has 0 amide bonds. The third-order valence-corrected chi connectivity index (χ3v) is 3.43. The van der Waals surface area contributed by atoms with E-state index in [2.05, 4.69) is 10.1 Å². The molecule has 1 fully saturated rings. The molecule has 0 spiro atoms. The van der Waals surface area contributed by atoms with Gasteiger partial charge in [0.15, 0.2) is 5.82 Å². The number of aromatic hydroxyl groups is 1. The van der Waals surface area contributed by atoms with Gasteiger partial charge in [-0.25, -0.2) is 0 Å². The molecule has 1 saturated heterocycles. The Balaban J connectivity index is 1.66. The minimum atomic E-state index is -0.135. The zero-order valence-corrected chi connectivity index (χ0v) is 11.0. The van der Waals surface area contributed by atoms with Crippen LogP contribution in [0.3, 0.4) is 0 Å². The van der Waals surface area contributed by atoms with Gasteiger partial charge in [0.25, 0.3) is 5.89 Å². The van der Waals surface area contributed by atoms with Crippen LogP contribution in [0.4, 0.5) is 0 Å². The number of phenolic OH excluding ortho intramolecular Hbond substituents is 1. The van der Waals surface area contributed by atoms with Crippen molar-refractivity contribution in [1.82, 2.24) is 10.1 Å². The van der Waals surface area contributed by atoms with E-state index in [-0.39, 0.29) is 18.0 Å². The lowest BCUT2D eigenvalue weighted by Gasteiger charge is -2.07. The number of hydrogen-bond donors (Lipinski definition) is 2. The van der Waals surface area contributed by atoms with E-state index < -0.39 is 0 Å². The first-order chi connectivity index (χ1) is 9.74. The Bertz CT molecular complexity index is 567. The molecule has 6 nitrogen and oxygen atoms in total. The zero-order valence-electron chi connectivity index (χ0n) is 11.0. The number of benzene rings is 1. The van der Waals surface area contributed by atoms with Gasteiger partial charge in [-0.05, 0) is 30.5 Å². The largest absolute Gasteiger partial charge is 0.508 e. The number of rotatable bonds is 4. The summed E-state index contributed by atoms with van der Waals surface area (Å²) in [6, 6.07) is 6.95. The summed E-state index contributed by atoms with van der Waals surface area (Å²) in [6.45, 7) is 0.519. The van der Waals surface area contributed by atoms with Crippen LogP contribution in [0.15, 0.2) is 28.8 Å². The van der Waals surface area contributed by atoms with Crippen LogP contribution in [0.25, 0.3) is 0 Å². The van der Waals surface area contributed by atoms with Crippen LogP contribution < -0.4 is 5.73 Å². The molecular formula is C14H17N3O3. The lowest BCUT2D eigenvalue weighted by molar-refractivity contribution is 0.0307. The molecular weight excluding hydrogens is 258 g/mol. The van der Waals surface area contributed by atoms with Crippen molar-refractivity contribution >= 4 is 0 Å². The van der Waals surface area contributed by atoms with Crippen molar-refractivity contribution in [3.63, 3.8) is 0 Å². The van der Waals surface area contributed by atoms with E-state index in [1.807, 2.05) is 12.1 Å². The molecule has 0 saturated carbocycles. The van der Waals surface area contributed by atoms with Gasteiger partial charge in [-0.15, -0.1) is 0 Å². The molecule has 2 unspecified atom stereocenters. The highest BCUT2D eigenvalue weighted by atomic mass is 16.5. The third-order valence-electron chi connectivity index (χ3n) is 3.43. The summed E-state index contributed by atoms with van der Waals surface area (Å²) in [6.07, 6.45) is 2.31. The Labute approximate surface area is 116 Å². The maximum Gasteiger partial charge on any atom is 0.255 e. The second kappa shape index (κ2) is 5.60. The van der Waals surface area contributed by atoms with Gasteiger partial charge in [0, 0.05) is 13.0 Å². The van der Waals surface area contributed by atoms with Crippen molar-refractivity contribution in [2.45, 2.75) is 31.5 Å². The molecule has 106 valence electrons. The first-order valence-corrected chi connectivity index (χ1v) is 6.70. The summed E-state index contributed by atoms with van der Waals surface area (Å²) >= 11 is 0. The lowest BCUT2D eigenvalue weighted by Crippen LogP contribution is -2.18. The summed E-state index contributed by atoms with van der Waals surface area (Å²) < 4.78 is 11.0. The molecule has 0 bridgehead atoms. The van der Waals surface area contributed by atoms with Crippen molar-refractivity contribution in [2.24, 2.45) is 5.73 Å². The van der Waals surface area contributed by atoms with Gasteiger partial charge in [0.1, 0.15) is 11.9 Å². The summed E-state index contributed by atoms with van der Waals surface area (Å²) in [4.78, 5) is 4.37. The Kier molecular flexibility index (Phi) is 3.66. The van der Waals surface area contributed by atoms with E-state index >= 15 is 0 Å². The molecule has 1 aliphatic rings. The highest BCUT2D eigenvalue weighted by molar-refractivity contribution is 5.27. The van der Waals surface area contributed by atoms with E-state index in [9.17, 15) is 5.11 Å². The van der Waals surface area contributed by atoms with Crippen LogP contribution in [0.5, 0.6) is 5.75 Å². The molecule has 0 radical (unpaired) electrons. The van der Waals surface area contributed by atoms with Crippen molar-refractivity contribution in [1.29, 1.82) is 0 Å². The SMILES string of the molecule is NCC1CCC(c2nc(Cc3ccc(O)cc3)no2)O1. The third kappa shape index (κ3) is 2.81. The molecule has 0 aliphatic carbocycles. The molecule has 3 rings (SSSR count). The number of aromatic nitrogens is 2. The number of nitrogens with two attached hydrogens (primary N) is 1. The molecule has 2 aromatic rings. The van der Waals surface area contributed by atoms with Crippen molar-refractivity contribution in [3.8, 4) is 5.75 Å². The standard InChI is InChI=1S/C14H17N3O3/c15-8-11-5-6-12(19-11)14-16-13(17-20-14)7-9-1-3-10(18)4-2-9/h1-4,11-12,18H,5-8,15H2. The Morgan fingerprint density at radius 1 is 1.25 bits per heavy atom. The van der Waals surface area contributed by atoms with Gasteiger partial charge in [0.2, 0.25) is 0 Å². The number of hydrogen-bond acceptors (Lipinski definition) is 6. The first kappa shape index (κ1) is 13.1. The fraction of sp³-hybridized carbons (Fsp3) is 0.429. The average Bonchev–Trinajstić information content (AvgIpc) is 3.10. The normalized spacial score (nSPS) is 22.2. The minimum absolute atomic E-state index is 0.0902. The maximum atomic E-state index is 9.24. The second-order valence-corrected chi connectivity index (χ2v) is 4.95. The molecule has 1 aromatic carbocycles. The topological polar surface area (TPSA) is 94.4 Å². The summed E-state index contributed by atoms with van der Waals surface area (Å²) in [7, 11) is 0. The average molecular weight is 275 g/mol. The van der Waals surface area contributed by atoms with E-state index in [0.717, 1.165) is 18.4 Å². The van der Waals surface area contributed by atoms with Crippen LogP contribution in [0, 0.1) is 0 Å². The summed E-state index contributed by atoms with van der Waals surface area (Å²) in [5, 5.41) is 13.2. The quantitative estimate of drug-likeness (QED) is 0.879. The molecule has 20 heavy (non-hydrogen) atoms. The molecule has 3 N–H and O–H groups in total. The van der Waals surface area contributed by atoms with Crippen LogP contribution in [-0.2, 0) is 11.2 Å². The van der Waals surface area contributed by atoms with Crippen LogP contribution in [-0.4, -0.2) is 27.9 Å². The van der Waals surface area contributed by atoms with Gasteiger partial charge >= 0.3 is 0 Å². The maximum absolute atomic E-state index is 9.24. The van der Waals surface area contributed by atoms with Crippen LogP contribution >= 0.6 is 0 Å². The lowest BCUT2D eigenvalue weighted by atomic mass is 10.1. The smallest absolute Gasteiger partial charge is 0.255 e. The molecule has 1 aliphatic heterocycles. The van der Waals surface area contributed by atoms with Gasteiger partial charge in [-0.3, -0.25) is 0 Å². The number of phenols is 1. The fourth-order valence-electron chi connectivity index (χ4n) is 2.33. The summed E-state index contributed by atoms with van der Waals surface area (Å²) in [5.74, 6) is 1.38. The Morgan fingerprint density at radius 2 is 2.05 bits per heavy atom. The second-order valence-electron chi connectivity index (χ2n) is 4.95. The molecule has 2 heterocycles. The van der Waals surface area contributed by atoms with Crippen molar-refractivity contribution < 1.29 is 14.4 Å². The molecule has 1 aromatic heterocycles.